The maximum Gasteiger partial charge on any atom is 0.453 e. The molecule has 1 saturated heterocycles. The molecule has 1 aliphatic heterocycles. The average molecular weight is 728 g/mol. The molecule has 0 spiro atoms. The third kappa shape index (κ3) is 10.4. The van der Waals surface area contributed by atoms with Gasteiger partial charge < -0.3 is 29.3 Å². The maximum absolute atomic E-state index is 14.8. The fourth-order valence-electron chi connectivity index (χ4n) is 5.44. The zero-order valence-corrected chi connectivity index (χ0v) is 31.3. The van der Waals surface area contributed by atoms with Crippen LogP contribution in [0.3, 0.4) is 0 Å². The fourth-order valence-corrected chi connectivity index (χ4v) is 8.37. The highest BCUT2D eigenvalue weighted by molar-refractivity contribution is 7.98. The van der Waals surface area contributed by atoms with Gasteiger partial charge in [0, 0.05) is 16.3 Å². The standard InChI is InChI=1S/C36H46N3O7PS2/c1-24(2)32(37-36(42)44-23-26-11-8-7-9-12-26)35(41)39-22-10-13-31(39)33(40)38-34(25(3)4)47(43,45-27-14-18-29(48-5)19-15-27)46-28-16-20-30(49-6)21-17-28/h7-9,11-12,14-21,24-25,31-32,34H,10,13,22-23H2,1-6H3,(H,37,42)(H,38,40)/t31-,32-,34?/m0/s1. The molecular formula is C36H46N3O7PS2. The van der Waals surface area contributed by atoms with Crippen molar-refractivity contribution in [1.29, 1.82) is 0 Å². The molecule has 0 aromatic heterocycles. The van der Waals surface area contributed by atoms with Crippen molar-refractivity contribution in [2.75, 3.05) is 19.1 Å². The van der Waals surface area contributed by atoms with Crippen LogP contribution in [0, 0.1) is 11.8 Å². The Hall–Kier alpha value is -3.60. The first kappa shape index (κ1) is 38.2. The number of rotatable bonds is 15. The van der Waals surface area contributed by atoms with E-state index in [1.54, 1.807) is 47.8 Å². The third-order valence-electron chi connectivity index (χ3n) is 8.10. The van der Waals surface area contributed by atoms with Gasteiger partial charge in [-0.3, -0.25) is 9.59 Å². The topological polar surface area (TPSA) is 123 Å². The molecular weight excluding hydrogens is 682 g/mol. The average Bonchev–Trinajstić information content (AvgIpc) is 3.59. The highest BCUT2D eigenvalue weighted by Gasteiger charge is 2.46. The summed E-state index contributed by atoms with van der Waals surface area (Å²) in [6.07, 6.45) is 4.20. The molecule has 1 unspecified atom stereocenters. The van der Waals surface area contributed by atoms with Gasteiger partial charge in [-0.05, 0) is 91.3 Å². The minimum Gasteiger partial charge on any atom is -0.445 e. The van der Waals surface area contributed by atoms with Crippen LogP contribution >= 0.6 is 31.1 Å². The molecule has 3 aromatic carbocycles. The molecule has 3 atom stereocenters. The predicted molar refractivity (Wildman–Crippen MR) is 195 cm³/mol. The fraction of sp³-hybridized carbons (Fsp3) is 0.417. The van der Waals surface area contributed by atoms with Gasteiger partial charge in [0.25, 0.3) is 0 Å². The van der Waals surface area contributed by atoms with Crippen molar-refractivity contribution in [2.45, 2.75) is 74.8 Å². The predicted octanol–water partition coefficient (Wildman–Crippen LogP) is 7.82. The van der Waals surface area contributed by atoms with E-state index in [0.29, 0.717) is 30.9 Å². The van der Waals surface area contributed by atoms with E-state index in [-0.39, 0.29) is 24.3 Å². The molecule has 3 aromatic rings. The first-order valence-electron chi connectivity index (χ1n) is 16.3. The first-order valence-corrected chi connectivity index (χ1v) is 20.3. The summed E-state index contributed by atoms with van der Waals surface area (Å²) in [5.74, 6) is -1.88. The quantitative estimate of drug-likeness (QED) is 0.119. The molecule has 2 N–H and O–H groups in total. The number of ether oxygens (including phenoxy) is 1. The summed E-state index contributed by atoms with van der Waals surface area (Å²) in [5, 5.41) is 5.66. The highest BCUT2D eigenvalue weighted by Crippen LogP contribution is 2.54. The lowest BCUT2D eigenvalue weighted by Gasteiger charge is -2.33. The molecule has 13 heteroatoms. The Kier molecular flexibility index (Phi) is 13.9. The van der Waals surface area contributed by atoms with Gasteiger partial charge >= 0.3 is 13.7 Å². The van der Waals surface area contributed by atoms with Crippen LogP contribution in [0.2, 0.25) is 0 Å². The molecule has 4 rings (SSSR count). The number of benzene rings is 3. The number of hydrogen-bond donors (Lipinski definition) is 2. The van der Waals surface area contributed by atoms with E-state index in [0.717, 1.165) is 15.4 Å². The van der Waals surface area contributed by atoms with Crippen LogP contribution < -0.4 is 19.7 Å². The number of carbonyl (C=O) groups excluding carboxylic acids is 3. The molecule has 0 bridgehead atoms. The van der Waals surface area contributed by atoms with Crippen LogP contribution in [0.4, 0.5) is 4.79 Å². The number of amides is 3. The Morgan fingerprint density at radius 3 is 1.86 bits per heavy atom. The Bertz CT molecular complexity index is 1540. The Labute approximate surface area is 298 Å². The number of alkyl carbamates (subject to hydrolysis) is 1. The van der Waals surface area contributed by atoms with E-state index < -0.39 is 37.5 Å². The zero-order chi connectivity index (χ0) is 35.6. The molecule has 264 valence electrons. The van der Waals surface area contributed by atoms with Gasteiger partial charge in [-0.25, -0.2) is 9.36 Å². The summed E-state index contributed by atoms with van der Waals surface area (Å²) in [5.41, 5.74) is 0.820. The lowest BCUT2D eigenvalue weighted by atomic mass is 10.0. The molecule has 0 saturated carbocycles. The van der Waals surface area contributed by atoms with Gasteiger partial charge in [0.1, 0.15) is 30.2 Å². The van der Waals surface area contributed by atoms with Gasteiger partial charge in [0.15, 0.2) is 5.78 Å². The van der Waals surface area contributed by atoms with Gasteiger partial charge in [-0.15, -0.1) is 23.5 Å². The summed E-state index contributed by atoms with van der Waals surface area (Å²) in [6, 6.07) is 21.8. The lowest BCUT2D eigenvalue weighted by molar-refractivity contribution is -0.141. The Balaban J connectivity index is 1.53. The zero-order valence-electron chi connectivity index (χ0n) is 28.8. The van der Waals surface area contributed by atoms with Gasteiger partial charge in [0.2, 0.25) is 11.8 Å². The molecule has 0 radical (unpaired) electrons. The minimum atomic E-state index is -4.12. The largest absolute Gasteiger partial charge is 0.453 e. The second-order valence-corrected chi connectivity index (χ2v) is 16.1. The normalized spacial score (nSPS) is 15.8. The molecule has 1 fully saturated rings. The van der Waals surface area contributed by atoms with Crippen LogP contribution in [-0.2, 0) is 25.5 Å². The number of nitrogens with zero attached hydrogens (tertiary/aromatic N) is 1. The number of carbonyl (C=O) groups is 3. The van der Waals surface area contributed by atoms with E-state index in [1.807, 2.05) is 94.8 Å². The Morgan fingerprint density at radius 1 is 0.816 bits per heavy atom. The summed E-state index contributed by atoms with van der Waals surface area (Å²) >= 11 is 3.14. The summed E-state index contributed by atoms with van der Waals surface area (Å²) in [7, 11) is -4.12. The summed E-state index contributed by atoms with van der Waals surface area (Å²) in [6.45, 7) is 7.70. The number of hydrogen-bond acceptors (Lipinski definition) is 9. The molecule has 49 heavy (non-hydrogen) atoms. The monoisotopic (exact) mass is 727 g/mol. The number of nitrogens with one attached hydrogen (secondary N) is 2. The second-order valence-electron chi connectivity index (χ2n) is 12.4. The van der Waals surface area contributed by atoms with E-state index in [9.17, 15) is 18.9 Å². The lowest BCUT2D eigenvalue weighted by Crippen LogP contribution is -2.56. The molecule has 1 aliphatic rings. The first-order chi connectivity index (χ1) is 23.4. The second kappa shape index (κ2) is 17.9. The van der Waals surface area contributed by atoms with E-state index in [4.69, 9.17) is 13.8 Å². The van der Waals surface area contributed by atoms with Crippen molar-refractivity contribution in [1.82, 2.24) is 15.5 Å². The van der Waals surface area contributed by atoms with E-state index >= 15 is 0 Å². The van der Waals surface area contributed by atoms with E-state index in [2.05, 4.69) is 10.6 Å². The molecule has 1 heterocycles. The molecule has 3 amide bonds. The number of thioether (sulfide) groups is 2. The smallest absolute Gasteiger partial charge is 0.445 e. The molecule has 0 aliphatic carbocycles. The van der Waals surface area contributed by atoms with Gasteiger partial charge in [-0.1, -0.05) is 58.0 Å². The number of likely N-dealkylation sites (tertiary alicyclic amines) is 1. The third-order valence-corrected chi connectivity index (χ3v) is 11.9. The Morgan fingerprint density at radius 2 is 1.37 bits per heavy atom. The maximum atomic E-state index is 14.8. The van der Waals surface area contributed by atoms with Crippen LogP contribution in [-0.4, -0.2) is 59.7 Å². The van der Waals surface area contributed by atoms with Gasteiger partial charge in [0.05, 0.1) is 0 Å². The van der Waals surface area contributed by atoms with Gasteiger partial charge in [-0.2, -0.15) is 0 Å². The van der Waals surface area contributed by atoms with Crippen molar-refractivity contribution in [3.63, 3.8) is 0 Å². The van der Waals surface area contributed by atoms with Crippen molar-refractivity contribution in [3.8, 4) is 11.5 Å². The van der Waals surface area contributed by atoms with Crippen molar-refractivity contribution in [3.05, 3.63) is 84.4 Å². The summed E-state index contributed by atoms with van der Waals surface area (Å²) < 4.78 is 32.5. The van der Waals surface area contributed by atoms with Crippen LogP contribution in [0.15, 0.2) is 88.7 Å². The van der Waals surface area contributed by atoms with Crippen LogP contribution in [0.5, 0.6) is 11.5 Å². The SMILES string of the molecule is CSc1ccc(OP(=O)(Oc2ccc(SC)cc2)C(NC(=O)[C@@H]2CCCN2C(=O)[C@@H](NC(=O)OCc2ccccc2)C(C)C)C(C)C)cc1. The molecule has 10 nitrogen and oxygen atoms in total. The van der Waals surface area contributed by atoms with Crippen molar-refractivity contribution in [2.24, 2.45) is 11.8 Å². The minimum absolute atomic E-state index is 0.0602. The van der Waals surface area contributed by atoms with Crippen LogP contribution in [0.25, 0.3) is 0 Å². The highest BCUT2D eigenvalue weighted by atomic mass is 32.2. The van der Waals surface area contributed by atoms with Crippen molar-refractivity contribution < 1.29 is 32.7 Å². The van der Waals surface area contributed by atoms with Crippen molar-refractivity contribution >= 4 is 49.0 Å². The van der Waals surface area contributed by atoms with E-state index in [1.165, 1.54) is 4.90 Å². The summed E-state index contributed by atoms with van der Waals surface area (Å²) in [4.78, 5) is 44.1. The van der Waals surface area contributed by atoms with Crippen LogP contribution in [0.1, 0.15) is 46.1 Å².